The van der Waals surface area contributed by atoms with E-state index in [4.69, 9.17) is 13.7 Å². The van der Waals surface area contributed by atoms with Gasteiger partial charge < -0.3 is 4.90 Å². The zero-order valence-electron chi connectivity index (χ0n) is 18.9. The van der Waals surface area contributed by atoms with Gasteiger partial charge in [-0.2, -0.15) is 5.10 Å². The van der Waals surface area contributed by atoms with Crippen molar-refractivity contribution in [2.24, 2.45) is 0 Å². The minimum Gasteiger partial charge on any atom is -0.368 e. The van der Waals surface area contributed by atoms with Gasteiger partial charge in [-0.1, -0.05) is 30.3 Å². The molecular formula is C14H17N3. The minimum absolute atomic E-state index is 0.0948. The smallest absolute Gasteiger partial charge is 0.115 e. The normalized spacial score (nSPS) is 39.6. The summed E-state index contributed by atoms with van der Waals surface area (Å²) in [7, 11) is 0. The molecule has 1 aromatic heterocycles. The summed E-state index contributed by atoms with van der Waals surface area (Å²) in [6, 6.07) is 8.38. The fraction of sp³-hybridized carbons (Fsp3) is 0.357. The lowest BCUT2D eigenvalue weighted by atomic mass is 10.1. The highest BCUT2D eigenvalue weighted by atomic mass is 15.2. The quantitative estimate of drug-likeness (QED) is 0.870. The summed E-state index contributed by atoms with van der Waals surface area (Å²) in [5.74, 6) is 0. The maximum Gasteiger partial charge on any atom is 0.115 e. The number of nitrogens with one attached hydrogen (secondary N) is 1. The zero-order chi connectivity index (χ0) is 20.5. The van der Waals surface area contributed by atoms with E-state index in [1.54, 1.807) is 30.3 Å². The maximum atomic E-state index is 8.24. The molecule has 2 aromatic rings. The van der Waals surface area contributed by atoms with Crippen LogP contribution in [0.15, 0.2) is 36.5 Å². The zero-order valence-corrected chi connectivity index (χ0v) is 8.86. The Morgan fingerprint density at radius 2 is 1.88 bits per heavy atom. The van der Waals surface area contributed by atoms with Crippen molar-refractivity contribution in [2.75, 3.05) is 17.9 Å². The first-order valence-electron chi connectivity index (χ1n) is 10.1. The van der Waals surface area contributed by atoms with E-state index in [1.807, 2.05) is 0 Å². The second-order valence-electron chi connectivity index (χ2n) is 3.42. The van der Waals surface area contributed by atoms with Crippen molar-refractivity contribution in [3.05, 3.63) is 36.5 Å². The molecule has 3 heteroatoms. The van der Waals surface area contributed by atoms with E-state index in [1.165, 1.54) is 0 Å². The topological polar surface area (TPSA) is 31.9 Å². The Hall–Kier alpha value is -1.77. The summed E-state index contributed by atoms with van der Waals surface area (Å²) in [4.78, 5) is 0.313. The van der Waals surface area contributed by atoms with Gasteiger partial charge in [-0.05, 0) is 19.1 Å². The first kappa shape index (κ1) is 4.16. The fourth-order valence-corrected chi connectivity index (χ4v) is 1.61. The first-order valence-corrected chi connectivity index (χ1v) is 5.11. The molecule has 1 saturated heterocycles. The Morgan fingerprint density at radius 3 is 2.65 bits per heavy atom. The molecule has 3 rings (SSSR count). The molecule has 1 aliphatic rings. The summed E-state index contributed by atoms with van der Waals surface area (Å²) in [5.41, 5.74) is 0.368. The molecule has 0 bridgehead atoms. The highest BCUT2D eigenvalue weighted by Gasteiger charge is 2.17. The highest BCUT2D eigenvalue weighted by Crippen LogP contribution is 2.30. The fourth-order valence-electron chi connectivity index (χ4n) is 1.61. The number of aromatic nitrogens is 2. The number of benzene rings is 1. The van der Waals surface area contributed by atoms with Crippen molar-refractivity contribution in [1.29, 1.82) is 0 Å². The molecule has 1 fully saturated rings. The standard InChI is InChI=1S/C14H17N3/c1-3-7-12(8-4-1)14-13(11-15-16-14)17-9-5-2-6-10-17/h1,3-4,7-8,11H,2,5-6,9-10H2,(H,15,16)/i2D2,5D2,6D2,9D2,10D2. The SMILES string of the molecule is [2H]C1([2H])N(c2c[nH]nc2-c2ccccc2)C([2H])([2H])C([2H])([2H])C([2H])([2H])C1([2H])[2H]. The van der Waals surface area contributed by atoms with Crippen molar-refractivity contribution in [2.45, 2.75) is 19.1 Å². The van der Waals surface area contributed by atoms with Crippen molar-refractivity contribution in [3.8, 4) is 11.3 Å². The van der Waals surface area contributed by atoms with Crippen LogP contribution in [-0.2, 0) is 0 Å². The third-order valence-electron chi connectivity index (χ3n) is 2.37. The average molecular weight is 237 g/mol. The lowest BCUT2D eigenvalue weighted by Crippen LogP contribution is -2.29. The van der Waals surface area contributed by atoms with Crippen molar-refractivity contribution < 1.29 is 13.7 Å². The molecule has 1 N–H and O–H groups in total. The van der Waals surface area contributed by atoms with Gasteiger partial charge in [0.25, 0.3) is 0 Å². The Balaban J connectivity index is 2.29. The van der Waals surface area contributed by atoms with Crippen LogP contribution < -0.4 is 4.90 Å². The molecule has 3 nitrogen and oxygen atoms in total. The molecule has 0 saturated carbocycles. The molecule has 0 unspecified atom stereocenters. The van der Waals surface area contributed by atoms with Crippen LogP contribution in [0.5, 0.6) is 0 Å². The van der Waals surface area contributed by atoms with Crippen molar-refractivity contribution in [3.63, 3.8) is 0 Å². The van der Waals surface area contributed by atoms with Crippen LogP contribution in [0.2, 0.25) is 0 Å². The Morgan fingerprint density at radius 1 is 1.12 bits per heavy atom. The first-order chi connectivity index (χ1) is 12.2. The maximum absolute atomic E-state index is 8.24. The second kappa shape index (κ2) is 4.62. The molecule has 1 aromatic carbocycles. The largest absolute Gasteiger partial charge is 0.368 e. The number of hydrogen-bond donors (Lipinski definition) is 1. The summed E-state index contributed by atoms with van der Waals surface area (Å²) in [6.45, 7) is -6.45. The second-order valence-corrected chi connectivity index (χ2v) is 3.42. The van der Waals surface area contributed by atoms with Gasteiger partial charge in [0.2, 0.25) is 0 Å². The van der Waals surface area contributed by atoms with E-state index in [9.17, 15) is 0 Å². The molecule has 0 aliphatic carbocycles. The van der Waals surface area contributed by atoms with E-state index in [0.717, 1.165) is 6.20 Å². The van der Waals surface area contributed by atoms with Gasteiger partial charge in [0.05, 0.1) is 5.69 Å². The molecule has 0 amide bonds. The van der Waals surface area contributed by atoms with Gasteiger partial charge >= 0.3 is 0 Å². The molecule has 0 radical (unpaired) electrons. The number of rotatable bonds is 2. The molecule has 0 spiro atoms. The Kier molecular flexibility index (Phi) is 1.13. The number of hydrogen-bond acceptors (Lipinski definition) is 2. The molecular weight excluding hydrogens is 210 g/mol. The number of aromatic amines is 1. The molecule has 2 heterocycles. The van der Waals surface area contributed by atoms with E-state index in [2.05, 4.69) is 10.2 Å². The minimum atomic E-state index is -3.44. The van der Waals surface area contributed by atoms with Crippen molar-refractivity contribution in [1.82, 2.24) is 10.2 Å². The van der Waals surface area contributed by atoms with E-state index in [-0.39, 0.29) is 11.4 Å². The predicted molar refractivity (Wildman–Crippen MR) is 70.1 cm³/mol. The van der Waals surface area contributed by atoms with Crippen molar-refractivity contribution >= 4 is 5.69 Å². The van der Waals surface area contributed by atoms with Gasteiger partial charge in [-0.15, -0.1) is 0 Å². The highest BCUT2D eigenvalue weighted by molar-refractivity contribution is 5.74. The Bertz CT molecular complexity index is 816. The van der Waals surface area contributed by atoms with Gasteiger partial charge in [-0.25, -0.2) is 0 Å². The van der Waals surface area contributed by atoms with E-state index in [0.29, 0.717) is 10.5 Å². The van der Waals surface area contributed by atoms with Gasteiger partial charge in [0.15, 0.2) is 0 Å². The van der Waals surface area contributed by atoms with Crippen LogP contribution in [0.1, 0.15) is 32.8 Å². The van der Waals surface area contributed by atoms with Crippen LogP contribution >= 0.6 is 0 Å². The van der Waals surface area contributed by atoms with Gasteiger partial charge in [-0.3, -0.25) is 5.10 Å². The van der Waals surface area contributed by atoms with Crippen LogP contribution in [-0.4, -0.2) is 23.2 Å². The van der Waals surface area contributed by atoms with Crippen LogP contribution in [0.4, 0.5) is 5.69 Å². The molecule has 17 heavy (non-hydrogen) atoms. The summed E-state index contributed by atoms with van der Waals surface area (Å²) < 4.78 is 80.7. The predicted octanol–water partition coefficient (Wildman–Crippen LogP) is 3.07. The van der Waals surface area contributed by atoms with Crippen LogP contribution in [0.3, 0.4) is 0 Å². The molecule has 1 aliphatic heterocycles. The van der Waals surface area contributed by atoms with Crippen LogP contribution in [0, 0.1) is 0 Å². The number of H-pyrrole nitrogens is 1. The van der Waals surface area contributed by atoms with Gasteiger partial charge in [0.1, 0.15) is 5.69 Å². The molecule has 88 valence electrons. The third kappa shape index (κ3) is 2.05. The lowest BCUT2D eigenvalue weighted by molar-refractivity contribution is 0.578. The summed E-state index contributed by atoms with van der Waals surface area (Å²) >= 11 is 0. The number of anilines is 1. The summed E-state index contributed by atoms with van der Waals surface area (Å²) in [5, 5.41) is 6.47. The molecule has 0 atom stereocenters. The van der Waals surface area contributed by atoms with Crippen LogP contribution in [0.25, 0.3) is 11.3 Å². The Labute approximate surface area is 116 Å². The average Bonchev–Trinajstić information content (AvgIpc) is 3.02. The third-order valence-corrected chi connectivity index (χ3v) is 2.37. The summed E-state index contributed by atoms with van der Waals surface area (Å²) in [6.07, 6.45) is -9.05. The number of nitrogens with zero attached hydrogens (tertiary/aromatic N) is 2. The van der Waals surface area contributed by atoms with E-state index >= 15 is 0 Å². The van der Waals surface area contributed by atoms with Gasteiger partial charge in [0, 0.05) is 38.5 Å². The number of piperidine rings is 1. The monoisotopic (exact) mass is 237 g/mol. The lowest BCUT2D eigenvalue weighted by Gasteiger charge is -2.28. The van der Waals surface area contributed by atoms with E-state index < -0.39 is 32.1 Å².